The van der Waals surface area contributed by atoms with Crippen molar-refractivity contribution < 1.29 is 4.79 Å². The highest BCUT2D eigenvalue weighted by Gasteiger charge is 1.96. The molecule has 0 spiro atoms. The zero-order valence-electron chi connectivity index (χ0n) is 13.9. The van der Waals surface area contributed by atoms with Crippen molar-refractivity contribution in [3.63, 3.8) is 0 Å². The van der Waals surface area contributed by atoms with E-state index in [1.54, 1.807) is 12.2 Å². The Labute approximate surface area is 141 Å². The molecule has 0 saturated carbocycles. The van der Waals surface area contributed by atoms with Gasteiger partial charge in [-0.3, -0.25) is 4.79 Å². The van der Waals surface area contributed by atoms with E-state index in [-0.39, 0.29) is 5.78 Å². The summed E-state index contributed by atoms with van der Waals surface area (Å²) < 4.78 is 0. The Morgan fingerprint density at radius 1 is 0.917 bits per heavy atom. The lowest BCUT2D eigenvalue weighted by Crippen LogP contribution is -2.07. The molecule has 0 aliphatic heterocycles. The number of hydrogen-bond donors (Lipinski definition) is 1. The highest BCUT2D eigenvalue weighted by molar-refractivity contribution is 6.04. The first-order valence-corrected chi connectivity index (χ1v) is 7.86. The number of fused-ring (bicyclic) bond motifs is 1. The predicted molar refractivity (Wildman–Crippen MR) is 102 cm³/mol. The van der Waals surface area contributed by atoms with Crippen LogP contribution in [0.25, 0.3) is 23.1 Å². The summed E-state index contributed by atoms with van der Waals surface area (Å²) in [5, 5.41) is 1.14. The van der Waals surface area contributed by atoms with Gasteiger partial charge < -0.3 is 9.88 Å². The van der Waals surface area contributed by atoms with Gasteiger partial charge in [-0.15, -0.1) is 0 Å². The molecule has 0 saturated heterocycles. The highest BCUT2D eigenvalue weighted by Crippen LogP contribution is 2.16. The molecule has 3 aromatic rings. The molecule has 1 N–H and O–H groups in total. The number of benzene rings is 2. The Bertz CT molecular complexity index is 899. The molecule has 1 aromatic heterocycles. The van der Waals surface area contributed by atoms with Crippen LogP contribution >= 0.6 is 0 Å². The van der Waals surface area contributed by atoms with Crippen molar-refractivity contribution in [2.75, 3.05) is 19.0 Å². The molecule has 3 heteroatoms. The van der Waals surface area contributed by atoms with Gasteiger partial charge >= 0.3 is 0 Å². The maximum atomic E-state index is 12.0. The number of carbonyl (C=O) groups excluding carboxylic acids is 1. The lowest BCUT2D eigenvalue weighted by atomic mass is 10.1. The summed E-state index contributed by atoms with van der Waals surface area (Å²) in [5.41, 5.74) is 4.26. The number of allylic oxidation sites excluding steroid dienone is 2. The van der Waals surface area contributed by atoms with E-state index >= 15 is 0 Å². The van der Waals surface area contributed by atoms with E-state index in [1.807, 2.05) is 79.8 Å². The van der Waals surface area contributed by atoms with Crippen LogP contribution in [0.5, 0.6) is 0 Å². The average Bonchev–Trinajstić information content (AvgIpc) is 3.06. The largest absolute Gasteiger partial charge is 0.378 e. The van der Waals surface area contributed by atoms with E-state index in [0.717, 1.165) is 27.7 Å². The average molecular weight is 316 g/mol. The Hall–Kier alpha value is -3.07. The number of rotatable bonds is 5. The molecule has 0 atom stereocenters. The summed E-state index contributed by atoms with van der Waals surface area (Å²) in [6.07, 6.45) is 8.78. The molecule has 0 aliphatic rings. The molecule has 120 valence electrons. The van der Waals surface area contributed by atoms with Gasteiger partial charge in [0.25, 0.3) is 0 Å². The molecule has 0 unspecified atom stereocenters. The Balaban J connectivity index is 1.65. The normalized spacial score (nSPS) is 11.6. The van der Waals surface area contributed by atoms with Crippen molar-refractivity contribution in [3.05, 3.63) is 78.0 Å². The van der Waals surface area contributed by atoms with Gasteiger partial charge in [0.05, 0.1) is 0 Å². The SMILES string of the molecule is CN(C)c1ccc(/C=C/C(=O)/C=C/c2ccc3[nH]ccc3c2)cc1. The first kappa shape index (κ1) is 15.8. The standard InChI is InChI=1S/C21H20N2O/c1-23(2)19-8-3-16(4-9-19)5-10-20(24)11-6-17-7-12-21-18(15-17)13-14-22-21/h3-15,22H,1-2H3/b10-5+,11-6+. The van der Waals surface area contributed by atoms with Crippen LogP contribution in [0.1, 0.15) is 11.1 Å². The maximum absolute atomic E-state index is 12.0. The van der Waals surface area contributed by atoms with Gasteiger partial charge in [0.15, 0.2) is 5.78 Å². The van der Waals surface area contributed by atoms with E-state index in [2.05, 4.69) is 11.1 Å². The van der Waals surface area contributed by atoms with Crippen molar-refractivity contribution >= 4 is 34.5 Å². The molecule has 3 nitrogen and oxygen atoms in total. The van der Waals surface area contributed by atoms with E-state index in [9.17, 15) is 4.79 Å². The van der Waals surface area contributed by atoms with Gasteiger partial charge in [-0.1, -0.05) is 30.4 Å². The second kappa shape index (κ2) is 7.01. The first-order valence-electron chi connectivity index (χ1n) is 7.86. The van der Waals surface area contributed by atoms with Crippen LogP contribution in [-0.2, 0) is 4.79 Å². The van der Waals surface area contributed by atoms with Crippen LogP contribution in [0.15, 0.2) is 66.9 Å². The molecular formula is C21H20N2O. The van der Waals surface area contributed by atoms with Crippen molar-refractivity contribution in [1.29, 1.82) is 0 Å². The summed E-state index contributed by atoms with van der Waals surface area (Å²) in [7, 11) is 4.01. The summed E-state index contributed by atoms with van der Waals surface area (Å²) in [6, 6.07) is 16.2. The van der Waals surface area contributed by atoms with Gasteiger partial charge in [0.1, 0.15) is 0 Å². The highest BCUT2D eigenvalue weighted by atomic mass is 16.1. The number of ketones is 1. The van der Waals surface area contributed by atoms with Gasteiger partial charge in [0, 0.05) is 31.5 Å². The van der Waals surface area contributed by atoms with Gasteiger partial charge in [-0.05, 0) is 59.0 Å². The summed E-state index contributed by atoms with van der Waals surface area (Å²) in [6.45, 7) is 0. The fraction of sp³-hybridized carbons (Fsp3) is 0.0952. The van der Waals surface area contributed by atoms with E-state index in [0.29, 0.717) is 0 Å². The molecule has 2 aromatic carbocycles. The summed E-state index contributed by atoms with van der Waals surface area (Å²) >= 11 is 0. The number of nitrogens with zero attached hydrogens (tertiary/aromatic N) is 1. The molecular weight excluding hydrogens is 296 g/mol. The summed E-state index contributed by atoms with van der Waals surface area (Å²) in [4.78, 5) is 17.2. The molecule has 0 aliphatic carbocycles. The smallest absolute Gasteiger partial charge is 0.178 e. The topological polar surface area (TPSA) is 36.1 Å². The van der Waals surface area contributed by atoms with Crippen LogP contribution in [-0.4, -0.2) is 24.9 Å². The monoisotopic (exact) mass is 316 g/mol. The van der Waals surface area contributed by atoms with Crippen molar-refractivity contribution in [1.82, 2.24) is 4.98 Å². The molecule has 1 heterocycles. The van der Waals surface area contributed by atoms with E-state index in [4.69, 9.17) is 0 Å². The molecule has 3 rings (SSSR count). The molecule has 0 amide bonds. The maximum Gasteiger partial charge on any atom is 0.178 e. The van der Waals surface area contributed by atoms with Crippen LogP contribution in [0.3, 0.4) is 0 Å². The van der Waals surface area contributed by atoms with Gasteiger partial charge in [-0.2, -0.15) is 0 Å². The zero-order chi connectivity index (χ0) is 16.9. The molecule has 24 heavy (non-hydrogen) atoms. The number of aromatic nitrogens is 1. The minimum atomic E-state index is -0.0270. The van der Waals surface area contributed by atoms with Gasteiger partial charge in [0.2, 0.25) is 0 Å². The zero-order valence-corrected chi connectivity index (χ0v) is 13.9. The lowest BCUT2D eigenvalue weighted by Gasteiger charge is -2.11. The summed E-state index contributed by atoms with van der Waals surface area (Å²) in [5.74, 6) is -0.0270. The lowest BCUT2D eigenvalue weighted by molar-refractivity contribution is -0.110. The Morgan fingerprint density at radius 2 is 1.58 bits per heavy atom. The van der Waals surface area contributed by atoms with Crippen molar-refractivity contribution in [3.8, 4) is 0 Å². The van der Waals surface area contributed by atoms with E-state index in [1.165, 1.54) is 0 Å². The number of nitrogens with one attached hydrogen (secondary N) is 1. The second-order valence-electron chi connectivity index (χ2n) is 5.88. The minimum absolute atomic E-state index is 0.0270. The quantitative estimate of drug-likeness (QED) is 0.702. The third kappa shape index (κ3) is 3.82. The van der Waals surface area contributed by atoms with Crippen LogP contribution in [0.2, 0.25) is 0 Å². The van der Waals surface area contributed by atoms with Crippen LogP contribution in [0, 0.1) is 0 Å². The van der Waals surface area contributed by atoms with Crippen LogP contribution < -0.4 is 4.90 Å². The number of hydrogen-bond acceptors (Lipinski definition) is 2. The van der Waals surface area contributed by atoms with Gasteiger partial charge in [-0.25, -0.2) is 0 Å². The van der Waals surface area contributed by atoms with Crippen LogP contribution in [0.4, 0.5) is 5.69 Å². The number of H-pyrrole nitrogens is 1. The predicted octanol–water partition coefficient (Wildman–Crippen LogP) is 4.53. The van der Waals surface area contributed by atoms with Crippen molar-refractivity contribution in [2.45, 2.75) is 0 Å². The number of aromatic amines is 1. The van der Waals surface area contributed by atoms with Crippen molar-refractivity contribution in [2.24, 2.45) is 0 Å². The Morgan fingerprint density at radius 3 is 2.29 bits per heavy atom. The molecule has 0 fully saturated rings. The first-order chi connectivity index (χ1) is 11.6. The molecule has 0 bridgehead atoms. The number of anilines is 1. The second-order valence-corrected chi connectivity index (χ2v) is 5.88. The molecule has 0 radical (unpaired) electrons. The third-order valence-corrected chi connectivity index (χ3v) is 3.87. The fourth-order valence-electron chi connectivity index (χ4n) is 2.47. The van der Waals surface area contributed by atoms with E-state index < -0.39 is 0 Å². The minimum Gasteiger partial charge on any atom is -0.378 e. The third-order valence-electron chi connectivity index (χ3n) is 3.87. The number of carbonyl (C=O) groups is 1. The fourth-order valence-corrected chi connectivity index (χ4v) is 2.47. The Kier molecular flexibility index (Phi) is 4.62.